The SMILES string of the molecule is COc1ccc(CN2CCN(C(=O)CN3CCC[C@H]3C(=O)O)CC2)cc1. The molecule has 0 unspecified atom stereocenters. The Balaban J connectivity index is 1.45. The van der Waals surface area contributed by atoms with Gasteiger partial charge in [0, 0.05) is 32.7 Å². The molecule has 3 rings (SSSR count). The molecule has 2 fully saturated rings. The standard InChI is InChI=1S/C19H27N3O4/c1-26-16-6-4-15(5-7-16)13-20-9-11-21(12-10-20)18(23)14-22-8-2-3-17(22)19(24)25/h4-7,17H,2-3,8-14H2,1H3,(H,24,25)/t17-/m0/s1. The van der Waals surface area contributed by atoms with Crippen LogP contribution in [0.4, 0.5) is 0 Å². The van der Waals surface area contributed by atoms with Crippen LogP contribution >= 0.6 is 0 Å². The van der Waals surface area contributed by atoms with Crippen molar-refractivity contribution in [3.05, 3.63) is 29.8 Å². The number of carboxylic acids is 1. The number of methoxy groups -OCH3 is 1. The first-order valence-electron chi connectivity index (χ1n) is 9.17. The van der Waals surface area contributed by atoms with Crippen molar-refractivity contribution >= 4 is 11.9 Å². The molecular formula is C19H27N3O4. The maximum Gasteiger partial charge on any atom is 0.320 e. The lowest BCUT2D eigenvalue weighted by molar-refractivity contribution is -0.143. The summed E-state index contributed by atoms with van der Waals surface area (Å²) in [4.78, 5) is 29.8. The highest BCUT2D eigenvalue weighted by molar-refractivity contribution is 5.80. The smallest absolute Gasteiger partial charge is 0.320 e. The highest BCUT2D eigenvalue weighted by Crippen LogP contribution is 2.18. The van der Waals surface area contributed by atoms with Gasteiger partial charge < -0.3 is 14.7 Å². The van der Waals surface area contributed by atoms with Crippen LogP contribution in [-0.4, -0.2) is 84.1 Å². The number of carboxylic acid groups (broad SMARTS) is 1. The summed E-state index contributed by atoms with van der Waals surface area (Å²) < 4.78 is 5.18. The molecule has 0 aromatic heterocycles. The fraction of sp³-hybridized carbons (Fsp3) is 0.579. The van der Waals surface area contributed by atoms with E-state index < -0.39 is 12.0 Å². The fourth-order valence-corrected chi connectivity index (χ4v) is 3.71. The van der Waals surface area contributed by atoms with Gasteiger partial charge in [-0.1, -0.05) is 12.1 Å². The number of benzene rings is 1. The number of piperazine rings is 1. The molecule has 2 aliphatic rings. The van der Waals surface area contributed by atoms with Crippen LogP contribution in [0.2, 0.25) is 0 Å². The van der Waals surface area contributed by atoms with Crippen molar-refractivity contribution in [2.24, 2.45) is 0 Å². The lowest BCUT2D eigenvalue weighted by Gasteiger charge is -2.35. The summed E-state index contributed by atoms with van der Waals surface area (Å²) in [5.41, 5.74) is 1.23. The van der Waals surface area contributed by atoms with E-state index in [9.17, 15) is 14.7 Å². The molecule has 1 aromatic carbocycles. The third-order valence-electron chi connectivity index (χ3n) is 5.28. The summed E-state index contributed by atoms with van der Waals surface area (Å²) in [6.45, 7) is 4.83. The number of likely N-dealkylation sites (tertiary alicyclic amines) is 1. The first-order valence-corrected chi connectivity index (χ1v) is 9.17. The van der Waals surface area contributed by atoms with Crippen LogP contribution in [0.1, 0.15) is 18.4 Å². The van der Waals surface area contributed by atoms with Crippen molar-refractivity contribution in [2.45, 2.75) is 25.4 Å². The van der Waals surface area contributed by atoms with Gasteiger partial charge in [-0.2, -0.15) is 0 Å². The Morgan fingerprint density at radius 1 is 1.12 bits per heavy atom. The Morgan fingerprint density at radius 3 is 2.42 bits per heavy atom. The normalized spacial score (nSPS) is 21.7. The average Bonchev–Trinajstić information content (AvgIpc) is 3.11. The van der Waals surface area contributed by atoms with Gasteiger partial charge in [-0.25, -0.2) is 0 Å². The minimum absolute atomic E-state index is 0.0437. The minimum atomic E-state index is -0.820. The average molecular weight is 361 g/mol. The summed E-state index contributed by atoms with van der Waals surface area (Å²) in [5, 5.41) is 9.23. The lowest BCUT2D eigenvalue weighted by atomic mass is 10.2. The van der Waals surface area contributed by atoms with Gasteiger partial charge in [-0.15, -0.1) is 0 Å². The number of carbonyl (C=O) groups is 2. The van der Waals surface area contributed by atoms with E-state index in [2.05, 4.69) is 17.0 Å². The number of nitrogens with zero attached hydrogens (tertiary/aromatic N) is 3. The largest absolute Gasteiger partial charge is 0.497 e. The van der Waals surface area contributed by atoms with Gasteiger partial charge in [-0.3, -0.25) is 19.4 Å². The van der Waals surface area contributed by atoms with E-state index in [-0.39, 0.29) is 12.5 Å². The van der Waals surface area contributed by atoms with Gasteiger partial charge in [0.15, 0.2) is 0 Å². The number of hydrogen-bond donors (Lipinski definition) is 1. The van der Waals surface area contributed by atoms with E-state index in [1.165, 1.54) is 5.56 Å². The van der Waals surface area contributed by atoms with Crippen molar-refractivity contribution in [3.63, 3.8) is 0 Å². The third-order valence-corrected chi connectivity index (χ3v) is 5.28. The maximum atomic E-state index is 12.5. The van der Waals surface area contributed by atoms with E-state index in [1.807, 2.05) is 17.0 Å². The molecule has 1 N–H and O–H groups in total. The molecule has 1 atom stereocenters. The molecule has 7 nitrogen and oxygen atoms in total. The summed E-state index contributed by atoms with van der Waals surface area (Å²) in [7, 11) is 1.66. The Kier molecular flexibility index (Phi) is 6.11. The molecule has 7 heteroatoms. The molecular weight excluding hydrogens is 334 g/mol. The van der Waals surface area contributed by atoms with Gasteiger partial charge in [0.1, 0.15) is 11.8 Å². The zero-order valence-electron chi connectivity index (χ0n) is 15.3. The van der Waals surface area contributed by atoms with E-state index in [1.54, 1.807) is 12.0 Å². The van der Waals surface area contributed by atoms with Crippen molar-refractivity contribution in [3.8, 4) is 5.75 Å². The first-order chi connectivity index (χ1) is 12.6. The van der Waals surface area contributed by atoms with Gasteiger partial charge >= 0.3 is 5.97 Å². The first kappa shape index (κ1) is 18.7. The van der Waals surface area contributed by atoms with Crippen LogP contribution in [0.5, 0.6) is 5.75 Å². The topological polar surface area (TPSA) is 73.3 Å². The van der Waals surface area contributed by atoms with Crippen LogP contribution in [0.25, 0.3) is 0 Å². The second kappa shape index (κ2) is 8.51. The molecule has 0 spiro atoms. The number of ether oxygens (including phenoxy) is 1. The Hall–Kier alpha value is -2.12. The maximum absolute atomic E-state index is 12.5. The van der Waals surface area contributed by atoms with Crippen molar-refractivity contribution in [1.29, 1.82) is 0 Å². The van der Waals surface area contributed by atoms with Gasteiger partial charge in [0.25, 0.3) is 0 Å². The quantitative estimate of drug-likeness (QED) is 0.811. The Labute approximate surface area is 154 Å². The zero-order chi connectivity index (χ0) is 18.5. The summed E-state index contributed by atoms with van der Waals surface area (Å²) in [6, 6.07) is 7.55. The van der Waals surface area contributed by atoms with Crippen LogP contribution in [-0.2, 0) is 16.1 Å². The molecule has 1 amide bonds. The molecule has 1 aromatic rings. The molecule has 0 aliphatic carbocycles. The fourth-order valence-electron chi connectivity index (χ4n) is 3.71. The second-order valence-corrected chi connectivity index (χ2v) is 6.97. The van der Waals surface area contributed by atoms with Crippen LogP contribution in [0, 0.1) is 0 Å². The number of hydrogen-bond acceptors (Lipinski definition) is 5. The van der Waals surface area contributed by atoms with E-state index in [0.29, 0.717) is 26.1 Å². The highest BCUT2D eigenvalue weighted by atomic mass is 16.5. The van der Waals surface area contributed by atoms with Crippen molar-refractivity contribution < 1.29 is 19.4 Å². The number of aliphatic carboxylic acids is 1. The highest BCUT2D eigenvalue weighted by Gasteiger charge is 2.33. The number of carbonyl (C=O) groups excluding carboxylic acids is 1. The third kappa shape index (κ3) is 4.53. The van der Waals surface area contributed by atoms with E-state index in [0.717, 1.165) is 31.8 Å². The minimum Gasteiger partial charge on any atom is -0.497 e. The van der Waals surface area contributed by atoms with Crippen LogP contribution in [0.3, 0.4) is 0 Å². The molecule has 2 saturated heterocycles. The molecule has 2 aliphatic heterocycles. The van der Waals surface area contributed by atoms with Crippen molar-refractivity contribution in [2.75, 3.05) is 46.4 Å². The molecule has 0 saturated carbocycles. The van der Waals surface area contributed by atoms with Crippen molar-refractivity contribution in [1.82, 2.24) is 14.7 Å². The molecule has 0 radical (unpaired) electrons. The predicted molar refractivity (Wildman–Crippen MR) is 97.1 cm³/mol. The van der Waals surface area contributed by atoms with Gasteiger partial charge in [-0.05, 0) is 37.1 Å². The Bertz CT molecular complexity index is 626. The van der Waals surface area contributed by atoms with Gasteiger partial charge in [0.05, 0.1) is 13.7 Å². The summed E-state index contributed by atoms with van der Waals surface area (Å²) >= 11 is 0. The summed E-state index contributed by atoms with van der Waals surface area (Å²) in [6.07, 6.45) is 1.48. The lowest BCUT2D eigenvalue weighted by Crippen LogP contribution is -2.51. The number of amides is 1. The van der Waals surface area contributed by atoms with Gasteiger partial charge in [0.2, 0.25) is 5.91 Å². The molecule has 0 bridgehead atoms. The molecule has 142 valence electrons. The number of rotatable bonds is 6. The van der Waals surface area contributed by atoms with E-state index in [4.69, 9.17) is 4.74 Å². The Morgan fingerprint density at radius 2 is 1.81 bits per heavy atom. The predicted octanol–water partition coefficient (Wildman–Crippen LogP) is 0.888. The van der Waals surface area contributed by atoms with E-state index >= 15 is 0 Å². The zero-order valence-corrected chi connectivity index (χ0v) is 15.3. The monoisotopic (exact) mass is 361 g/mol. The second-order valence-electron chi connectivity index (χ2n) is 6.97. The van der Waals surface area contributed by atoms with Crippen LogP contribution in [0.15, 0.2) is 24.3 Å². The molecule has 26 heavy (non-hydrogen) atoms. The molecule has 2 heterocycles. The van der Waals surface area contributed by atoms with Crippen LogP contribution < -0.4 is 4.74 Å². The summed E-state index contributed by atoms with van der Waals surface area (Å²) in [5.74, 6) is 0.0765.